The second kappa shape index (κ2) is 5.71. The molecule has 0 aromatic rings. The Morgan fingerprint density at radius 1 is 1.17 bits per heavy atom. The standard InChI is InChI=1S/C9H18S3/c10-5-3-9(4-6-11)2-1-7-12-8-9/h10-11H,1-8H2. The Morgan fingerprint density at radius 2 is 1.83 bits per heavy atom. The molecule has 12 heavy (non-hydrogen) atoms. The highest BCUT2D eigenvalue weighted by Crippen LogP contribution is 2.40. The number of hydrogen-bond donors (Lipinski definition) is 2. The molecule has 1 aliphatic heterocycles. The highest BCUT2D eigenvalue weighted by Gasteiger charge is 2.30. The zero-order chi connectivity index (χ0) is 8.86. The molecule has 0 aromatic heterocycles. The predicted molar refractivity (Wildman–Crippen MR) is 65.9 cm³/mol. The van der Waals surface area contributed by atoms with Crippen molar-refractivity contribution in [3.63, 3.8) is 0 Å². The summed E-state index contributed by atoms with van der Waals surface area (Å²) in [4.78, 5) is 0. The van der Waals surface area contributed by atoms with Crippen LogP contribution in [0.5, 0.6) is 0 Å². The molecule has 0 amide bonds. The SMILES string of the molecule is SCCC1(CCS)CCCSC1. The lowest BCUT2D eigenvalue weighted by Crippen LogP contribution is -2.28. The van der Waals surface area contributed by atoms with Gasteiger partial charge in [0, 0.05) is 0 Å². The lowest BCUT2D eigenvalue weighted by Gasteiger charge is -2.36. The summed E-state index contributed by atoms with van der Waals surface area (Å²) >= 11 is 10.8. The Hall–Kier alpha value is 1.05. The van der Waals surface area contributed by atoms with E-state index in [0.717, 1.165) is 11.5 Å². The number of rotatable bonds is 4. The summed E-state index contributed by atoms with van der Waals surface area (Å²) in [7, 11) is 0. The van der Waals surface area contributed by atoms with Crippen molar-refractivity contribution in [2.24, 2.45) is 5.41 Å². The van der Waals surface area contributed by atoms with Gasteiger partial charge in [-0.15, -0.1) is 0 Å². The maximum Gasteiger partial charge on any atom is -0.00102 e. The van der Waals surface area contributed by atoms with Gasteiger partial charge in [-0.25, -0.2) is 0 Å². The lowest BCUT2D eigenvalue weighted by molar-refractivity contribution is 0.278. The summed E-state index contributed by atoms with van der Waals surface area (Å²) < 4.78 is 0. The fraction of sp³-hybridized carbons (Fsp3) is 1.00. The third-order valence-electron chi connectivity index (χ3n) is 2.69. The molecule has 0 spiro atoms. The fourth-order valence-electron chi connectivity index (χ4n) is 1.90. The van der Waals surface area contributed by atoms with E-state index in [1.165, 1.54) is 37.2 Å². The van der Waals surface area contributed by atoms with E-state index >= 15 is 0 Å². The molecule has 1 fully saturated rings. The summed E-state index contributed by atoms with van der Waals surface area (Å²) in [6.07, 6.45) is 5.36. The van der Waals surface area contributed by atoms with Crippen LogP contribution >= 0.6 is 37.0 Å². The molecule has 0 aliphatic carbocycles. The number of hydrogen-bond acceptors (Lipinski definition) is 3. The van der Waals surface area contributed by atoms with Crippen LogP contribution in [0, 0.1) is 5.41 Å². The first kappa shape index (κ1) is 11.1. The van der Waals surface area contributed by atoms with Crippen LogP contribution in [0.1, 0.15) is 25.7 Å². The minimum absolute atomic E-state index is 0.590. The molecule has 0 saturated carbocycles. The van der Waals surface area contributed by atoms with E-state index in [2.05, 4.69) is 37.0 Å². The van der Waals surface area contributed by atoms with Crippen molar-refractivity contribution in [3.05, 3.63) is 0 Å². The molecule has 1 aliphatic rings. The maximum atomic E-state index is 4.34. The molecule has 0 aromatic carbocycles. The highest BCUT2D eigenvalue weighted by molar-refractivity contribution is 7.99. The molecule has 0 nitrogen and oxygen atoms in total. The van der Waals surface area contributed by atoms with Crippen LogP contribution in [0.15, 0.2) is 0 Å². The highest BCUT2D eigenvalue weighted by atomic mass is 32.2. The summed E-state index contributed by atoms with van der Waals surface area (Å²) in [6, 6.07) is 0. The molecule has 72 valence electrons. The van der Waals surface area contributed by atoms with Crippen molar-refractivity contribution in [3.8, 4) is 0 Å². The van der Waals surface area contributed by atoms with Gasteiger partial charge in [0.1, 0.15) is 0 Å². The van der Waals surface area contributed by atoms with Gasteiger partial charge in [0.2, 0.25) is 0 Å². The Morgan fingerprint density at radius 3 is 2.25 bits per heavy atom. The Labute approximate surface area is 91.1 Å². The van der Waals surface area contributed by atoms with Crippen molar-refractivity contribution in [2.45, 2.75) is 25.7 Å². The number of thiol groups is 2. The van der Waals surface area contributed by atoms with Crippen molar-refractivity contribution >= 4 is 37.0 Å². The van der Waals surface area contributed by atoms with Gasteiger partial charge < -0.3 is 0 Å². The van der Waals surface area contributed by atoms with Crippen molar-refractivity contribution in [2.75, 3.05) is 23.0 Å². The normalized spacial score (nSPS) is 22.5. The van der Waals surface area contributed by atoms with E-state index in [9.17, 15) is 0 Å². The molecule has 1 saturated heterocycles. The summed E-state index contributed by atoms with van der Waals surface area (Å²) in [5.41, 5.74) is 0.590. The Bertz CT molecular complexity index is 103. The van der Waals surface area contributed by atoms with Gasteiger partial charge in [-0.05, 0) is 54.1 Å². The van der Waals surface area contributed by atoms with Crippen molar-refractivity contribution in [1.82, 2.24) is 0 Å². The third kappa shape index (κ3) is 3.08. The van der Waals surface area contributed by atoms with Gasteiger partial charge in [-0.2, -0.15) is 37.0 Å². The zero-order valence-corrected chi connectivity index (χ0v) is 10.1. The van der Waals surface area contributed by atoms with E-state index in [0.29, 0.717) is 5.41 Å². The molecular formula is C9H18S3. The van der Waals surface area contributed by atoms with E-state index in [4.69, 9.17) is 0 Å². The van der Waals surface area contributed by atoms with Crippen LogP contribution < -0.4 is 0 Å². The molecule has 1 heterocycles. The van der Waals surface area contributed by atoms with Gasteiger partial charge in [0.05, 0.1) is 0 Å². The van der Waals surface area contributed by atoms with Gasteiger partial charge in [0.15, 0.2) is 0 Å². The van der Waals surface area contributed by atoms with E-state index < -0.39 is 0 Å². The molecule has 1 rings (SSSR count). The largest absolute Gasteiger partial charge is 0.179 e. The van der Waals surface area contributed by atoms with Crippen LogP contribution in [0.4, 0.5) is 0 Å². The van der Waals surface area contributed by atoms with Crippen molar-refractivity contribution in [1.29, 1.82) is 0 Å². The van der Waals surface area contributed by atoms with Gasteiger partial charge >= 0.3 is 0 Å². The second-order valence-corrected chi connectivity index (χ2v) is 5.60. The monoisotopic (exact) mass is 222 g/mol. The minimum atomic E-state index is 0.590. The molecular weight excluding hydrogens is 204 g/mol. The first-order valence-electron chi connectivity index (χ1n) is 4.62. The van der Waals surface area contributed by atoms with E-state index in [-0.39, 0.29) is 0 Å². The second-order valence-electron chi connectivity index (χ2n) is 3.60. The smallest absolute Gasteiger partial charge is 0.00102 e. The maximum absolute atomic E-state index is 4.34. The fourth-order valence-corrected chi connectivity index (χ4v) is 4.21. The van der Waals surface area contributed by atoms with Crippen LogP contribution in [0.3, 0.4) is 0 Å². The quantitative estimate of drug-likeness (QED) is 0.689. The van der Waals surface area contributed by atoms with Crippen LogP contribution in [0.2, 0.25) is 0 Å². The third-order valence-corrected chi connectivity index (χ3v) is 4.53. The Balaban J connectivity index is 2.44. The summed E-state index contributed by atoms with van der Waals surface area (Å²) in [5.74, 6) is 4.78. The zero-order valence-electron chi connectivity index (χ0n) is 7.46. The van der Waals surface area contributed by atoms with Gasteiger partial charge in [-0.3, -0.25) is 0 Å². The molecule has 0 bridgehead atoms. The average molecular weight is 222 g/mol. The van der Waals surface area contributed by atoms with Crippen LogP contribution in [0.25, 0.3) is 0 Å². The van der Waals surface area contributed by atoms with Gasteiger partial charge in [0.25, 0.3) is 0 Å². The van der Waals surface area contributed by atoms with Crippen LogP contribution in [-0.4, -0.2) is 23.0 Å². The number of thioether (sulfide) groups is 1. The average Bonchev–Trinajstić information content (AvgIpc) is 2.07. The lowest BCUT2D eigenvalue weighted by atomic mass is 9.80. The first-order valence-corrected chi connectivity index (χ1v) is 7.04. The van der Waals surface area contributed by atoms with Crippen LogP contribution in [-0.2, 0) is 0 Å². The van der Waals surface area contributed by atoms with E-state index in [1.807, 2.05) is 0 Å². The molecule has 0 unspecified atom stereocenters. The molecule has 0 radical (unpaired) electrons. The predicted octanol–water partition coefficient (Wildman–Crippen LogP) is 3.14. The summed E-state index contributed by atoms with van der Waals surface area (Å²) in [6.45, 7) is 0. The van der Waals surface area contributed by atoms with Crippen molar-refractivity contribution < 1.29 is 0 Å². The topological polar surface area (TPSA) is 0 Å². The van der Waals surface area contributed by atoms with E-state index in [1.54, 1.807) is 0 Å². The Kier molecular flexibility index (Phi) is 5.30. The first-order chi connectivity index (χ1) is 5.83. The minimum Gasteiger partial charge on any atom is -0.179 e. The molecule has 3 heteroatoms. The molecule has 0 atom stereocenters. The summed E-state index contributed by atoms with van der Waals surface area (Å²) in [5, 5.41) is 0. The van der Waals surface area contributed by atoms with Gasteiger partial charge in [-0.1, -0.05) is 0 Å². The molecule has 0 N–H and O–H groups in total.